The van der Waals surface area contributed by atoms with Gasteiger partial charge in [0.15, 0.2) is 5.41 Å². The highest BCUT2D eigenvalue weighted by atomic mass is 35.5. The number of hydrogen-bond acceptors (Lipinski definition) is 4. The first-order valence-electron chi connectivity index (χ1n) is 6.30. The van der Waals surface area contributed by atoms with Crippen molar-refractivity contribution in [2.24, 2.45) is 0 Å². The van der Waals surface area contributed by atoms with E-state index in [1.807, 2.05) is 0 Å². The second-order valence-electron chi connectivity index (χ2n) is 4.93. The number of aromatic nitrogens is 2. The Kier molecular flexibility index (Phi) is 3.41. The molecule has 1 atom stereocenters. The second kappa shape index (κ2) is 4.99. The fraction of sp³-hybridized carbons (Fsp3) is 0.385. The average molecular weight is 318 g/mol. The Labute approximate surface area is 123 Å². The third kappa shape index (κ3) is 2.40. The lowest BCUT2D eigenvalue weighted by Gasteiger charge is -2.26. The Morgan fingerprint density at radius 1 is 1.19 bits per heavy atom. The molecule has 0 aliphatic carbocycles. The molecule has 0 radical (unpaired) electrons. The molecular weight excluding hydrogens is 307 g/mol. The van der Waals surface area contributed by atoms with Crippen LogP contribution in [0.1, 0.15) is 12.3 Å². The van der Waals surface area contributed by atoms with E-state index in [1.54, 1.807) is 24.3 Å². The molecule has 4 nitrogen and oxygen atoms in total. The molecule has 1 saturated heterocycles. The zero-order chi connectivity index (χ0) is 15.1. The molecule has 0 spiro atoms. The highest BCUT2D eigenvalue weighted by molar-refractivity contribution is 6.30. The lowest BCUT2D eigenvalue weighted by Crippen LogP contribution is -2.44. The Morgan fingerprint density at radius 2 is 1.90 bits per heavy atom. The summed E-state index contributed by atoms with van der Waals surface area (Å²) in [7, 11) is 0. The van der Waals surface area contributed by atoms with Crippen LogP contribution in [0.3, 0.4) is 0 Å². The van der Waals surface area contributed by atoms with Crippen molar-refractivity contribution >= 4 is 11.6 Å². The van der Waals surface area contributed by atoms with E-state index in [9.17, 15) is 13.2 Å². The van der Waals surface area contributed by atoms with E-state index in [1.165, 1.54) is 0 Å². The van der Waals surface area contributed by atoms with Crippen LogP contribution in [0.5, 0.6) is 0 Å². The Bertz CT molecular complexity index is 633. The number of alkyl halides is 3. The third-order valence-electron chi connectivity index (χ3n) is 3.62. The van der Waals surface area contributed by atoms with Gasteiger partial charge in [-0.25, -0.2) is 0 Å². The number of benzene rings is 1. The minimum atomic E-state index is -4.44. The van der Waals surface area contributed by atoms with Gasteiger partial charge in [0.2, 0.25) is 11.8 Å². The largest absolute Gasteiger partial charge is 0.420 e. The van der Waals surface area contributed by atoms with Gasteiger partial charge in [-0.05, 0) is 37.2 Å². The van der Waals surface area contributed by atoms with E-state index in [0.717, 1.165) is 0 Å². The van der Waals surface area contributed by atoms with Gasteiger partial charge in [-0.3, -0.25) is 0 Å². The number of hydrogen-bond donors (Lipinski definition) is 1. The summed E-state index contributed by atoms with van der Waals surface area (Å²) in [5.74, 6) is -0.345. The highest BCUT2D eigenvalue weighted by Gasteiger charge is 2.61. The molecular formula is C13H11ClF3N3O. The molecule has 2 aromatic rings. The minimum absolute atomic E-state index is 0.0530. The maximum absolute atomic E-state index is 13.4. The van der Waals surface area contributed by atoms with Gasteiger partial charge < -0.3 is 9.73 Å². The minimum Gasteiger partial charge on any atom is -0.420 e. The molecule has 0 saturated carbocycles. The van der Waals surface area contributed by atoms with Gasteiger partial charge in [0, 0.05) is 17.1 Å². The normalized spacial score (nSPS) is 22.7. The number of halogens is 4. The summed E-state index contributed by atoms with van der Waals surface area (Å²) < 4.78 is 45.4. The van der Waals surface area contributed by atoms with Crippen LogP contribution in [0, 0.1) is 0 Å². The first-order chi connectivity index (χ1) is 9.92. The maximum Gasteiger partial charge on any atom is 0.404 e. The van der Waals surface area contributed by atoms with Crippen molar-refractivity contribution in [3.8, 4) is 11.5 Å². The Hall–Kier alpha value is -1.60. The van der Waals surface area contributed by atoms with E-state index < -0.39 is 17.5 Å². The predicted octanol–water partition coefficient (Wildman–Crippen LogP) is 3.18. The monoisotopic (exact) mass is 317 g/mol. The van der Waals surface area contributed by atoms with Crippen molar-refractivity contribution < 1.29 is 17.6 Å². The fourth-order valence-electron chi connectivity index (χ4n) is 2.36. The molecule has 1 N–H and O–H groups in total. The van der Waals surface area contributed by atoms with Crippen molar-refractivity contribution in [1.82, 2.24) is 15.5 Å². The van der Waals surface area contributed by atoms with Crippen molar-refractivity contribution in [3.63, 3.8) is 0 Å². The standard InChI is InChI=1S/C13H11ClF3N3O/c14-9-3-1-8(2-4-9)10-19-20-11(21-10)12(13(15,16)17)5-6-18-7-12/h1-4,18H,5-7H2. The van der Waals surface area contributed by atoms with E-state index in [-0.39, 0.29) is 25.4 Å². The topological polar surface area (TPSA) is 51.0 Å². The SMILES string of the molecule is FC(F)(F)C1(c2nnc(-c3ccc(Cl)cc3)o2)CCNC1. The average Bonchev–Trinajstić information content (AvgIpc) is 3.08. The molecule has 1 aromatic heterocycles. The number of rotatable bonds is 2. The summed E-state index contributed by atoms with van der Waals surface area (Å²) >= 11 is 5.77. The van der Waals surface area contributed by atoms with E-state index in [4.69, 9.17) is 16.0 Å². The van der Waals surface area contributed by atoms with Gasteiger partial charge in [0.05, 0.1) is 0 Å². The Morgan fingerprint density at radius 3 is 2.48 bits per heavy atom. The van der Waals surface area contributed by atoms with Crippen LogP contribution in [0.25, 0.3) is 11.5 Å². The van der Waals surface area contributed by atoms with Gasteiger partial charge in [-0.15, -0.1) is 10.2 Å². The molecule has 1 aliphatic rings. The van der Waals surface area contributed by atoms with Gasteiger partial charge in [0.25, 0.3) is 0 Å². The van der Waals surface area contributed by atoms with Gasteiger partial charge in [-0.2, -0.15) is 13.2 Å². The van der Waals surface area contributed by atoms with Crippen LogP contribution in [0.15, 0.2) is 28.7 Å². The molecule has 0 amide bonds. The first-order valence-corrected chi connectivity index (χ1v) is 6.67. The zero-order valence-corrected chi connectivity index (χ0v) is 11.5. The first kappa shape index (κ1) is 14.3. The molecule has 21 heavy (non-hydrogen) atoms. The van der Waals surface area contributed by atoms with Crippen LogP contribution in [0.4, 0.5) is 13.2 Å². The van der Waals surface area contributed by atoms with Gasteiger partial charge in [0.1, 0.15) is 0 Å². The molecule has 1 fully saturated rings. The second-order valence-corrected chi connectivity index (χ2v) is 5.36. The highest BCUT2D eigenvalue weighted by Crippen LogP contribution is 2.45. The summed E-state index contributed by atoms with van der Waals surface area (Å²) in [6.45, 7) is 0.0108. The van der Waals surface area contributed by atoms with E-state index in [2.05, 4.69) is 15.5 Å². The van der Waals surface area contributed by atoms with Crippen molar-refractivity contribution in [2.45, 2.75) is 18.0 Å². The van der Waals surface area contributed by atoms with Crippen LogP contribution in [-0.2, 0) is 5.41 Å². The van der Waals surface area contributed by atoms with Crippen molar-refractivity contribution in [3.05, 3.63) is 35.2 Å². The third-order valence-corrected chi connectivity index (χ3v) is 3.88. The summed E-state index contributed by atoms with van der Waals surface area (Å²) in [4.78, 5) is 0. The van der Waals surface area contributed by atoms with Crippen LogP contribution in [-0.4, -0.2) is 29.5 Å². The Balaban J connectivity index is 1.99. The zero-order valence-electron chi connectivity index (χ0n) is 10.7. The molecule has 0 bridgehead atoms. The lowest BCUT2D eigenvalue weighted by atomic mass is 9.86. The van der Waals surface area contributed by atoms with Crippen LogP contribution in [0.2, 0.25) is 5.02 Å². The summed E-state index contributed by atoms with van der Waals surface area (Å²) in [5, 5.41) is 10.6. The van der Waals surface area contributed by atoms with Crippen LogP contribution < -0.4 is 5.32 Å². The van der Waals surface area contributed by atoms with Crippen LogP contribution >= 0.6 is 11.6 Å². The number of nitrogens with one attached hydrogen (secondary N) is 1. The molecule has 3 rings (SSSR count). The van der Waals surface area contributed by atoms with E-state index >= 15 is 0 Å². The van der Waals surface area contributed by atoms with Crippen molar-refractivity contribution in [1.29, 1.82) is 0 Å². The predicted molar refractivity (Wildman–Crippen MR) is 70.0 cm³/mol. The molecule has 1 aliphatic heterocycles. The molecule has 8 heteroatoms. The smallest absolute Gasteiger partial charge is 0.404 e. The molecule has 2 heterocycles. The van der Waals surface area contributed by atoms with Gasteiger partial charge >= 0.3 is 6.18 Å². The molecule has 1 aromatic carbocycles. The summed E-state index contributed by atoms with van der Waals surface area (Å²) in [6.07, 6.45) is -4.56. The molecule has 1 unspecified atom stereocenters. The van der Waals surface area contributed by atoms with E-state index in [0.29, 0.717) is 10.6 Å². The van der Waals surface area contributed by atoms with Gasteiger partial charge in [-0.1, -0.05) is 11.6 Å². The fourth-order valence-corrected chi connectivity index (χ4v) is 2.49. The summed E-state index contributed by atoms with van der Waals surface area (Å²) in [6, 6.07) is 6.45. The maximum atomic E-state index is 13.4. The quantitative estimate of drug-likeness (QED) is 0.924. The number of nitrogens with zero attached hydrogens (tertiary/aromatic N) is 2. The lowest BCUT2D eigenvalue weighted by molar-refractivity contribution is -0.190. The summed E-state index contributed by atoms with van der Waals surface area (Å²) in [5.41, 5.74) is -1.58. The van der Waals surface area contributed by atoms with Crippen molar-refractivity contribution in [2.75, 3.05) is 13.1 Å². The molecule has 112 valence electrons.